The molecule has 5 aromatic rings. The number of imidazole rings is 1. The topological polar surface area (TPSA) is 30.2 Å². The van der Waals surface area contributed by atoms with E-state index in [4.69, 9.17) is 4.98 Å². The number of fused-ring (bicyclic) bond motifs is 5. The van der Waals surface area contributed by atoms with Crippen molar-refractivity contribution in [3.63, 3.8) is 0 Å². The zero-order valence-electron chi connectivity index (χ0n) is 12.5. The lowest BCUT2D eigenvalue weighted by atomic mass is 10.1. The van der Waals surface area contributed by atoms with Crippen molar-refractivity contribution in [1.29, 1.82) is 0 Å². The second-order valence-corrected chi connectivity index (χ2v) is 6.69. The highest BCUT2D eigenvalue weighted by atomic mass is 32.1. The summed E-state index contributed by atoms with van der Waals surface area (Å²) in [7, 11) is 0. The molecule has 3 heterocycles. The summed E-state index contributed by atoms with van der Waals surface area (Å²) >= 11 is 1.63. The first-order valence-electron chi connectivity index (χ1n) is 7.52. The number of aryl methyl sites for hydroxylation is 1. The van der Waals surface area contributed by atoms with Crippen LogP contribution < -0.4 is 0 Å². The molecular weight excluding hydrogens is 302 g/mol. The molecule has 0 N–H and O–H groups in total. The van der Waals surface area contributed by atoms with Gasteiger partial charge in [0.15, 0.2) is 4.96 Å². The van der Waals surface area contributed by atoms with Gasteiger partial charge in [-0.2, -0.15) is 0 Å². The Labute approximate surface area is 136 Å². The third-order valence-electron chi connectivity index (χ3n) is 4.18. The average molecular weight is 315 g/mol. The molecule has 2 aromatic carbocycles. The predicted molar refractivity (Wildman–Crippen MR) is 96.0 cm³/mol. The molecule has 0 aliphatic carbocycles. The lowest BCUT2D eigenvalue weighted by Gasteiger charge is -2.02. The fourth-order valence-electron chi connectivity index (χ4n) is 2.97. The van der Waals surface area contributed by atoms with Crippen molar-refractivity contribution in [3.8, 4) is 11.1 Å². The van der Waals surface area contributed by atoms with E-state index in [1.165, 1.54) is 11.1 Å². The second-order valence-electron chi connectivity index (χ2n) is 5.73. The number of thiazole rings is 1. The monoisotopic (exact) mass is 315 g/mol. The molecule has 0 spiro atoms. The van der Waals surface area contributed by atoms with Gasteiger partial charge in [0.25, 0.3) is 0 Å². The fourth-order valence-corrected chi connectivity index (χ4v) is 3.94. The first-order chi connectivity index (χ1) is 11.3. The summed E-state index contributed by atoms with van der Waals surface area (Å²) < 4.78 is 2.21. The van der Waals surface area contributed by atoms with Crippen molar-refractivity contribution in [2.75, 3.05) is 0 Å². The van der Waals surface area contributed by atoms with Gasteiger partial charge in [-0.1, -0.05) is 53.3 Å². The molecule has 110 valence electrons. The maximum absolute atomic E-state index is 4.71. The molecule has 3 nitrogen and oxygen atoms in total. The minimum atomic E-state index is 0.995. The number of hydrogen-bond acceptors (Lipinski definition) is 3. The smallest absolute Gasteiger partial charge is 0.197 e. The summed E-state index contributed by atoms with van der Waals surface area (Å²) in [6.07, 6.45) is 1.95. The van der Waals surface area contributed by atoms with E-state index in [0.717, 1.165) is 31.9 Å². The molecule has 0 atom stereocenters. The third kappa shape index (κ3) is 1.88. The molecule has 0 saturated heterocycles. The standard InChI is InChI=1S/C19H13N3S/c1-12-6-8-13(9-7-12)14-10-17-18(20-11-14)23-19-21-15-4-2-3-5-16(15)22(17)19/h2-11H,1H3. The normalized spacial score (nSPS) is 11.7. The van der Waals surface area contributed by atoms with Gasteiger partial charge in [0.1, 0.15) is 4.83 Å². The van der Waals surface area contributed by atoms with Crippen LogP contribution in [-0.4, -0.2) is 14.4 Å². The van der Waals surface area contributed by atoms with Crippen LogP contribution >= 0.6 is 11.3 Å². The van der Waals surface area contributed by atoms with Gasteiger partial charge in [0.05, 0.1) is 16.6 Å². The molecule has 3 aromatic heterocycles. The van der Waals surface area contributed by atoms with Crippen molar-refractivity contribution in [3.05, 3.63) is 66.4 Å². The Kier molecular flexibility index (Phi) is 2.58. The predicted octanol–water partition coefficient (Wildman–Crippen LogP) is 5.07. The van der Waals surface area contributed by atoms with Gasteiger partial charge < -0.3 is 0 Å². The number of benzene rings is 2. The molecule has 4 heteroatoms. The zero-order valence-corrected chi connectivity index (χ0v) is 13.3. The van der Waals surface area contributed by atoms with Gasteiger partial charge in [0.2, 0.25) is 0 Å². The van der Waals surface area contributed by atoms with Gasteiger partial charge in [-0.15, -0.1) is 0 Å². The van der Waals surface area contributed by atoms with Crippen LogP contribution in [0, 0.1) is 6.92 Å². The summed E-state index contributed by atoms with van der Waals surface area (Å²) in [6, 6.07) is 19.0. The van der Waals surface area contributed by atoms with E-state index in [1.807, 2.05) is 12.3 Å². The molecule has 0 bridgehead atoms. The van der Waals surface area contributed by atoms with Crippen molar-refractivity contribution in [1.82, 2.24) is 14.4 Å². The minimum absolute atomic E-state index is 0.995. The Morgan fingerprint density at radius 3 is 2.61 bits per heavy atom. The molecule has 0 unspecified atom stereocenters. The van der Waals surface area contributed by atoms with Gasteiger partial charge >= 0.3 is 0 Å². The van der Waals surface area contributed by atoms with Crippen LogP contribution in [0.25, 0.3) is 37.5 Å². The lowest BCUT2D eigenvalue weighted by Crippen LogP contribution is -1.85. The number of nitrogens with zero attached hydrogens (tertiary/aromatic N) is 3. The van der Waals surface area contributed by atoms with E-state index in [1.54, 1.807) is 11.3 Å². The first kappa shape index (κ1) is 12.8. The third-order valence-corrected chi connectivity index (χ3v) is 5.14. The summed E-state index contributed by atoms with van der Waals surface area (Å²) in [6.45, 7) is 2.10. The van der Waals surface area contributed by atoms with Crippen LogP contribution in [0.2, 0.25) is 0 Å². The van der Waals surface area contributed by atoms with Crippen molar-refractivity contribution in [2.24, 2.45) is 0 Å². The zero-order chi connectivity index (χ0) is 15.4. The first-order valence-corrected chi connectivity index (χ1v) is 8.34. The van der Waals surface area contributed by atoms with Gasteiger partial charge in [-0.25, -0.2) is 9.97 Å². The Balaban J connectivity index is 1.83. The molecule has 0 amide bonds. The number of hydrogen-bond donors (Lipinski definition) is 0. The molecule has 0 radical (unpaired) electrons. The van der Waals surface area contributed by atoms with Crippen LogP contribution in [0.15, 0.2) is 60.8 Å². The Morgan fingerprint density at radius 2 is 1.74 bits per heavy atom. The molecule has 5 rings (SSSR count). The maximum atomic E-state index is 4.71. The Morgan fingerprint density at radius 1 is 0.913 bits per heavy atom. The summed E-state index contributed by atoms with van der Waals surface area (Å²) in [5.41, 5.74) is 6.87. The van der Waals surface area contributed by atoms with E-state index in [9.17, 15) is 0 Å². The van der Waals surface area contributed by atoms with Gasteiger partial charge in [-0.05, 0) is 30.7 Å². The Hall–Kier alpha value is -2.72. The lowest BCUT2D eigenvalue weighted by molar-refractivity contribution is 1.32. The van der Waals surface area contributed by atoms with Crippen LogP contribution in [0.4, 0.5) is 0 Å². The summed E-state index contributed by atoms with van der Waals surface area (Å²) in [5, 5.41) is 0. The van der Waals surface area contributed by atoms with Crippen LogP contribution in [0.1, 0.15) is 5.56 Å². The van der Waals surface area contributed by atoms with E-state index in [-0.39, 0.29) is 0 Å². The second kappa shape index (κ2) is 4.64. The minimum Gasteiger partial charge on any atom is -0.281 e. The van der Waals surface area contributed by atoms with E-state index in [0.29, 0.717) is 0 Å². The number of aromatic nitrogens is 3. The highest BCUT2D eigenvalue weighted by Crippen LogP contribution is 2.31. The number of rotatable bonds is 1. The van der Waals surface area contributed by atoms with Crippen LogP contribution in [0.3, 0.4) is 0 Å². The number of para-hydroxylation sites is 2. The van der Waals surface area contributed by atoms with Crippen molar-refractivity contribution >= 4 is 37.7 Å². The highest BCUT2D eigenvalue weighted by Gasteiger charge is 2.12. The van der Waals surface area contributed by atoms with Crippen LogP contribution in [-0.2, 0) is 0 Å². The quantitative estimate of drug-likeness (QED) is 0.432. The van der Waals surface area contributed by atoms with E-state index < -0.39 is 0 Å². The maximum Gasteiger partial charge on any atom is 0.197 e. The Bertz CT molecular complexity index is 1170. The molecule has 0 aliphatic rings. The largest absolute Gasteiger partial charge is 0.281 e. The molecular formula is C19H13N3S. The number of pyridine rings is 1. The SMILES string of the molecule is Cc1ccc(-c2cnc3sc4nc5ccccc5n4c3c2)cc1. The average Bonchev–Trinajstić information content (AvgIpc) is 3.10. The van der Waals surface area contributed by atoms with Gasteiger partial charge in [0, 0.05) is 11.8 Å². The highest BCUT2D eigenvalue weighted by molar-refractivity contribution is 7.23. The van der Waals surface area contributed by atoms with Crippen LogP contribution in [0.5, 0.6) is 0 Å². The molecule has 0 fully saturated rings. The fraction of sp³-hybridized carbons (Fsp3) is 0.0526. The summed E-state index contributed by atoms with van der Waals surface area (Å²) in [4.78, 5) is 11.4. The van der Waals surface area contributed by atoms with Crippen molar-refractivity contribution in [2.45, 2.75) is 6.92 Å². The summed E-state index contributed by atoms with van der Waals surface area (Å²) in [5.74, 6) is 0. The van der Waals surface area contributed by atoms with E-state index in [2.05, 4.69) is 64.8 Å². The molecule has 0 saturated carbocycles. The van der Waals surface area contributed by atoms with E-state index >= 15 is 0 Å². The van der Waals surface area contributed by atoms with Gasteiger partial charge in [-0.3, -0.25) is 4.40 Å². The molecule has 0 aliphatic heterocycles. The molecule has 23 heavy (non-hydrogen) atoms. The van der Waals surface area contributed by atoms with Crippen molar-refractivity contribution < 1.29 is 0 Å².